The van der Waals surface area contributed by atoms with Crippen LogP contribution in [0.25, 0.3) is 0 Å². The average molecular weight is 538 g/mol. The molecule has 38 heavy (non-hydrogen) atoms. The van der Waals surface area contributed by atoms with Crippen molar-refractivity contribution in [1.29, 1.82) is 0 Å². The fourth-order valence-electron chi connectivity index (χ4n) is 4.78. The normalized spacial score (nSPS) is 16.2. The van der Waals surface area contributed by atoms with Crippen molar-refractivity contribution in [3.63, 3.8) is 0 Å². The van der Waals surface area contributed by atoms with Crippen LogP contribution < -0.4 is 18.5 Å². The molecule has 0 unspecified atom stereocenters. The number of sulfonamides is 1. The molecule has 1 fully saturated rings. The molecule has 0 spiro atoms. The lowest BCUT2D eigenvalue weighted by Gasteiger charge is -2.38. The Hall–Kier alpha value is -3.76. The first-order valence-electron chi connectivity index (χ1n) is 12.5. The van der Waals surface area contributed by atoms with Crippen molar-refractivity contribution in [1.82, 2.24) is 9.80 Å². The molecule has 0 N–H and O–H groups in total. The number of benzene rings is 3. The highest BCUT2D eigenvalue weighted by molar-refractivity contribution is 7.92. The topological polar surface area (TPSA) is 88.6 Å². The SMILES string of the molecule is C[C@H](C(=O)N1CCN(Cc2ccc3c(c2)OCO3)CC1)N(c1ccc(Oc2ccccc2)cc1)S(C)(=O)=O. The molecule has 10 heteroatoms. The summed E-state index contributed by atoms with van der Waals surface area (Å²) < 4.78 is 43.4. The lowest BCUT2D eigenvalue weighted by atomic mass is 10.1. The first-order chi connectivity index (χ1) is 18.3. The maximum atomic E-state index is 13.4. The lowest BCUT2D eigenvalue weighted by Crippen LogP contribution is -2.55. The number of carbonyl (C=O) groups is 1. The predicted octanol–water partition coefficient (Wildman–Crippen LogP) is 3.71. The zero-order chi connectivity index (χ0) is 26.7. The molecule has 0 aliphatic carbocycles. The third-order valence-electron chi connectivity index (χ3n) is 6.66. The minimum absolute atomic E-state index is 0.220. The summed E-state index contributed by atoms with van der Waals surface area (Å²) in [4.78, 5) is 17.4. The molecule has 3 aromatic rings. The van der Waals surface area contributed by atoms with Crippen LogP contribution in [-0.4, -0.2) is 69.4 Å². The number of hydrogen-bond acceptors (Lipinski definition) is 7. The van der Waals surface area contributed by atoms with Crippen molar-refractivity contribution in [3.8, 4) is 23.0 Å². The number of fused-ring (bicyclic) bond motifs is 1. The number of amides is 1. The summed E-state index contributed by atoms with van der Waals surface area (Å²) in [7, 11) is -3.72. The molecule has 3 aromatic carbocycles. The summed E-state index contributed by atoms with van der Waals surface area (Å²) in [6.45, 7) is 5.05. The van der Waals surface area contributed by atoms with E-state index in [4.69, 9.17) is 14.2 Å². The van der Waals surface area contributed by atoms with Crippen LogP contribution in [0.15, 0.2) is 72.8 Å². The van der Waals surface area contributed by atoms with Gasteiger partial charge in [0.2, 0.25) is 22.7 Å². The van der Waals surface area contributed by atoms with E-state index in [1.54, 1.807) is 36.1 Å². The Bertz CT molecular complexity index is 1370. The van der Waals surface area contributed by atoms with Gasteiger partial charge in [-0.3, -0.25) is 14.0 Å². The second kappa shape index (κ2) is 10.9. The largest absolute Gasteiger partial charge is 0.457 e. The number of carbonyl (C=O) groups excluding carboxylic acids is 1. The molecule has 0 saturated carbocycles. The first-order valence-corrected chi connectivity index (χ1v) is 14.3. The van der Waals surface area contributed by atoms with Gasteiger partial charge in [0, 0.05) is 32.7 Å². The second-order valence-corrected chi connectivity index (χ2v) is 11.3. The summed E-state index contributed by atoms with van der Waals surface area (Å²) in [6.07, 6.45) is 1.12. The minimum Gasteiger partial charge on any atom is -0.457 e. The van der Waals surface area contributed by atoms with E-state index in [0.29, 0.717) is 43.4 Å². The molecular formula is C28H31N3O6S. The third-order valence-corrected chi connectivity index (χ3v) is 7.91. The van der Waals surface area contributed by atoms with Gasteiger partial charge < -0.3 is 19.1 Å². The number of nitrogens with zero attached hydrogens (tertiary/aromatic N) is 3. The number of anilines is 1. The van der Waals surface area contributed by atoms with Gasteiger partial charge in [0.25, 0.3) is 0 Å². The maximum absolute atomic E-state index is 13.4. The quantitative estimate of drug-likeness (QED) is 0.433. The van der Waals surface area contributed by atoms with Crippen molar-refractivity contribution >= 4 is 21.6 Å². The molecule has 200 valence electrons. The predicted molar refractivity (Wildman–Crippen MR) is 144 cm³/mol. The van der Waals surface area contributed by atoms with E-state index in [1.165, 1.54) is 4.31 Å². The highest BCUT2D eigenvalue weighted by atomic mass is 32.2. The van der Waals surface area contributed by atoms with E-state index in [1.807, 2.05) is 48.5 Å². The van der Waals surface area contributed by atoms with Crippen molar-refractivity contribution in [2.75, 3.05) is 43.5 Å². The molecule has 1 amide bonds. The summed E-state index contributed by atoms with van der Waals surface area (Å²) in [5.74, 6) is 2.55. The smallest absolute Gasteiger partial charge is 0.246 e. The Morgan fingerprint density at radius 2 is 1.58 bits per heavy atom. The highest BCUT2D eigenvalue weighted by Crippen LogP contribution is 2.33. The van der Waals surface area contributed by atoms with E-state index in [2.05, 4.69) is 4.90 Å². The highest BCUT2D eigenvalue weighted by Gasteiger charge is 2.33. The molecular weight excluding hydrogens is 506 g/mol. The summed E-state index contributed by atoms with van der Waals surface area (Å²) >= 11 is 0. The Kier molecular flexibility index (Phi) is 7.44. The molecule has 9 nitrogen and oxygen atoms in total. The van der Waals surface area contributed by atoms with E-state index >= 15 is 0 Å². The van der Waals surface area contributed by atoms with Gasteiger partial charge in [0.05, 0.1) is 11.9 Å². The van der Waals surface area contributed by atoms with Crippen LogP contribution >= 0.6 is 0 Å². The third kappa shape index (κ3) is 5.87. The molecule has 2 aliphatic rings. The fourth-order valence-corrected chi connectivity index (χ4v) is 5.95. The first kappa shape index (κ1) is 25.9. The van der Waals surface area contributed by atoms with Crippen LogP contribution in [0.2, 0.25) is 0 Å². The van der Waals surface area contributed by atoms with Crippen LogP contribution in [0.3, 0.4) is 0 Å². The Balaban J connectivity index is 1.21. The standard InChI is InChI=1S/C28H31N3O6S/c1-21(31(38(2,33)34)23-9-11-25(12-10-23)37-24-6-4-3-5-7-24)28(32)30-16-14-29(15-17-30)19-22-8-13-26-27(18-22)36-20-35-26/h3-13,18,21H,14-17,19-20H2,1-2H3/t21-/m1/s1. The van der Waals surface area contributed by atoms with E-state index in [-0.39, 0.29) is 12.7 Å². The monoisotopic (exact) mass is 537 g/mol. The summed E-state index contributed by atoms with van der Waals surface area (Å²) in [6, 6.07) is 21.1. The molecule has 1 saturated heterocycles. The number of piperazine rings is 1. The summed E-state index contributed by atoms with van der Waals surface area (Å²) in [5.41, 5.74) is 1.53. The van der Waals surface area contributed by atoms with Crippen molar-refractivity contribution in [2.24, 2.45) is 0 Å². The second-order valence-electron chi connectivity index (χ2n) is 9.43. The van der Waals surface area contributed by atoms with Gasteiger partial charge >= 0.3 is 0 Å². The van der Waals surface area contributed by atoms with E-state index in [0.717, 1.165) is 29.9 Å². The van der Waals surface area contributed by atoms with Crippen molar-refractivity contribution in [3.05, 3.63) is 78.4 Å². The van der Waals surface area contributed by atoms with Crippen LogP contribution in [0, 0.1) is 0 Å². The Morgan fingerprint density at radius 3 is 2.26 bits per heavy atom. The summed E-state index contributed by atoms with van der Waals surface area (Å²) in [5, 5.41) is 0. The van der Waals surface area contributed by atoms with Crippen LogP contribution in [0.1, 0.15) is 12.5 Å². The van der Waals surface area contributed by atoms with Gasteiger partial charge in [-0.15, -0.1) is 0 Å². The van der Waals surface area contributed by atoms with Gasteiger partial charge in [0.15, 0.2) is 11.5 Å². The maximum Gasteiger partial charge on any atom is 0.246 e. The van der Waals surface area contributed by atoms with Gasteiger partial charge in [-0.2, -0.15) is 0 Å². The van der Waals surface area contributed by atoms with Gasteiger partial charge in [-0.25, -0.2) is 8.42 Å². The zero-order valence-electron chi connectivity index (χ0n) is 21.4. The van der Waals surface area contributed by atoms with E-state index < -0.39 is 16.1 Å². The number of para-hydroxylation sites is 1. The number of ether oxygens (including phenoxy) is 3. The Labute approximate surface area is 223 Å². The Morgan fingerprint density at radius 1 is 0.921 bits per heavy atom. The van der Waals surface area contributed by atoms with Gasteiger partial charge in [-0.05, 0) is 61.0 Å². The van der Waals surface area contributed by atoms with Crippen molar-refractivity contribution < 1.29 is 27.4 Å². The molecule has 0 bridgehead atoms. The zero-order valence-corrected chi connectivity index (χ0v) is 22.3. The molecule has 2 aliphatic heterocycles. The number of rotatable bonds is 8. The fraction of sp³-hybridized carbons (Fsp3) is 0.321. The molecule has 2 heterocycles. The molecule has 0 radical (unpaired) electrons. The van der Waals surface area contributed by atoms with Gasteiger partial charge in [-0.1, -0.05) is 24.3 Å². The molecule has 1 atom stereocenters. The molecule has 0 aromatic heterocycles. The number of hydrogen-bond donors (Lipinski definition) is 0. The lowest BCUT2D eigenvalue weighted by molar-refractivity contribution is -0.133. The van der Waals surface area contributed by atoms with Crippen LogP contribution in [0.5, 0.6) is 23.0 Å². The minimum atomic E-state index is -3.72. The van der Waals surface area contributed by atoms with Gasteiger partial charge in [0.1, 0.15) is 17.5 Å². The van der Waals surface area contributed by atoms with Crippen molar-refractivity contribution in [2.45, 2.75) is 19.5 Å². The molecule has 5 rings (SSSR count). The van der Waals surface area contributed by atoms with E-state index in [9.17, 15) is 13.2 Å². The average Bonchev–Trinajstić information content (AvgIpc) is 3.38. The van der Waals surface area contributed by atoms with Crippen LogP contribution in [-0.2, 0) is 21.4 Å². The van der Waals surface area contributed by atoms with Crippen LogP contribution in [0.4, 0.5) is 5.69 Å².